The number of ether oxygens (including phenoxy) is 1. The van der Waals surface area contributed by atoms with Crippen molar-refractivity contribution in [1.82, 2.24) is 10.2 Å². The quantitative estimate of drug-likeness (QED) is 0.571. The van der Waals surface area contributed by atoms with Crippen molar-refractivity contribution in [3.63, 3.8) is 0 Å². The third-order valence-electron chi connectivity index (χ3n) is 6.19. The summed E-state index contributed by atoms with van der Waals surface area (Å²) in [5, 5.41) is 5.57. The standard InChI is InChI=1S/C23H26ClFN4O4S/c1-28(15-3-2-4-15)18(12-26-23(32)19-7-8-20(24)34-19)22(31)27-14-5-6-17(16(25)11-14)29-9-10-33-13-21(29)30/h5-8,11,15,18H,2-4,9-10,12-13H2,1H3,(H,26,32)(H,27,31)/t18-/m0/s1. The molecule has 1 saturated heterocycles. The molecule has 8 nitrogen and oxygen atoms in total. The number of benzene rings is 1. The zero-order chi connectivity index (χ0) is 24.2. The highest BCUT2D eigenvalue weighted by atomic mass is 35.5. The van der Waals surface area contributed by atoms with Crippen molar-refractivity contribution in [3.8, 4) is 0 Å². The second-order valence-corrected chi connectivity index (χ2v) is 10.0. The van der Waals surface area contributed by atoms with Crippen molar-refractivity contribution in [2.45, 2.75) is 31.3 Å². The van der Waals surface area contributed by atoms with E-state index in [1.807, 2.05) is 11.9 Å². The minimum absolute atomic E-state index is 0.0868. The first-order valence-corrected chi connectivity index (χ1v) is 12.3. The molecule has 0 unspecified atom stereocenters. The largest absolute Gasteiger partial charge is 0.370 e. The second-order valence-electron chi connectivity index (χ2n) is 8.33. The Morgan fingerprint density at radius 3 is 2.74 bits per heavy atom. The molecule has 0 radical (unpaired) electrons. The fourth-order valence-electron chi connectivity index (χ4n) is 3.98. The molecule has 11 heteroatoms. The highest BCUT2D eigenvalue weighted by Gasteiger charge is 2.32. The number of anilines is 2. The van der Waals surface area contributed by atoms with Crippen LogP contribution in [0.15, 0.2) is 30.3 Å². The van der Waals surface area contributed by atoms with Crippen molar-refractivity contribution in [3.05, 3.63) is 45.4 Å². The Hall–Kier alpha value is -2.53. The Morgan fingerprint density at radius 2 is 2.12 bits per heavy atom. The fourth-order valence-corrected chi connectivity index (χ4v) is 4.94. The van der Waals surface area contributed by atoms with Crippen LogP contribution < -0.4 is 15.5 Å². The van der Waals surface area contributed by atoms with Crippen molar-refractivity contribution in [1.29, 1.82) is 0 Å². The number of nitrogens with one attached hydrogen (secondary N) is 2. The molecule has 2 fully saturated rings. The van der Waals surface area contributed by atoms with Gasteiger partial charge in [0.15, 0.2) is 0 Å². The van der Waals surface area contributed by atoms with Crippen LogP contribution in [0.3, 0.4) is 0 Å². The van der Waals surface area contributed by atoms with Crippen LogP contribution in [-0.4, -0.2) is 68.1 Å². The van der Waals surface area contributed by atoms with Gasteiger partial charge in [-0.3, -0.25) is 19.3 Å². The lowest BCUT2D eigenvalue weighted by atomic mass is 9.90. The highest BCUT2D eigenvalue weighted by Crippen LogP contribution is 2.27. The molecule has 0 spiro atoms. The highest BCUT2D eigenvalue weighted by molar-refractivity contribution is 7.18. The number of amides is 3. The van der Waals surface area contributed by atoms with Gasteiger partial charge in [0.25, 0.3) is 11.8 Å². The minimum atomic E-state index is -0.645. The van der Waals surface area contributed by atoms with Gasteiger partial charge in [0.2, 0.25) is 5.91 Å². The third kappa shape index (κ3) is 5.57. The molecule has 1 aliphatic heterocycles. The maximum absolute atomic E-state index is 14.8. The Kier molecular flexibility index (Phi) is 7.82. The average molecular weight is 509 g/mol. The van der Waals surface area contributed by atoms with E-state index < -0.39 is 11.9 Å². The van der Waals surface area contributed by atoms with Crippen LogP contribution in [0.5, 0.6) is 0 Å². The molecule has 1 saturated carbocycles. The summed E-state index contributed by atoms with van der Waals surface area (Å²) < 4.78 is 20.4. The van der Waals surface area contributed by atoms with Crippen LogP contribution in [0.4, 0.5) is 15.8 Å². The Morgan fingerprint density at radius 1 is 1.32 bits per heavy atom. The van der Waals surface area contributed by atoms with Gasteiger partial charge in [-0.05, 0) is 50.2 Å². The lowest BCUT2D eigenvalue weighted by Gasteiger charge is -2.39. The van der Waals surface area contributed by atoms with Crippen LogP contribution in [-0.2, 0) is 14.3 Å². The molecule has 2 aromatic rings. The summed E-state index contributed by atoms with van der Waals surface area (Å²) in [6.45, 7) is 0.611. The molecular weight excluding hydrogens is 483 g/mol. The van der Waals surface area contributed by atoms with Gasteiger partial charge in [0.05, 0.1) is 21.5 Å². The molecule has 4 rings (SSSR count). The van der Waals surface area contributed by atoms with E-state index in [9.17, 15) is 18.8 Å². The summed E-state index contributed by atoms with van der Waals surface area (Å²) in [5.74, 6) is -1.58. The van der Waals surface area contributed by atoms with E-state index in [1.54, 1.807) is 18.2 Å². The third-order valence-corrected chi connectivity index (χ3v) is 7.42. The molecule has 1 aliphatic carbocycles. The van der Waals surface area contributed by atoms with E-state index >= 15 is 0 Å². The van der Waals surface area contributed by atoms with Crippen molar-refractivity contribution in [2.24, 2.45) is 0 Å². The second kappa shape index (κ2) is 10.8. The maximum Gasteiger partial charge on any atom is 0.261 e. The lowest BCUT2D eigenvalue weighted by Crippen LogP contribution is -2.54. The summed E-state index contributed by atoms with van der Waals surface area (Å²) in [4.78, 5) is 41.4. The van der Waals surface area contributed by atoms with Gasteiger partial charge >= 0.3 is 0 Å². The van der Waals surface area contributed by atoms with Gasteiger partial charge in [-0.2, -0.15) is 0 Å². The smallest absolute Gasteiger partial charge is 0.261 e. The van der Waals surface area contributed by atoms with E-state index in [1.165, 1.54) is 28.4 Å². The topological polar surface area (TPSA) is 91.0 Å². The number of carbonyl (C=O) groups is 3. The van der Waals surface area contributed by atoms with E-state index in [-0.39, 0.29) is 54.8 Å². The van der Waals surface area contributed by atoms with Crippen LogP contribution in [0.25, 0.3) is 0 Å². The summed E-state index contributed by atoms with van der Waals surface area (Å²) in [7, 11) is 1.86. The summed E-state index contributed by atoms with van der Waals surface area (Å²) >= 11 is 7.08. The number of likely N-dealkylation sites (N-methyl/N-ethyl adjacent to an activating group) is 1. The number of rotatable bonds is 8. The maximum atomic E-state index is 14.8. The van der Waals surface area contributed by atoms with Gasteiger partial charge in [0, 0.05) is 24.8 Å². The van der Waals surface area contributed by atoms with E-state index in [4.69, 9.17) is 16.3 Å². The van der Waals surface area contributed by atoms with Crippen molar-refractivity contribution in [2.75, 3.05) is 43.6 Å². The predicted octanol–water partition coefficient (Wildman–Crippen LogP) is 3.13. The van der Waals surface area contributed by atoms with Gasteiger partial charge in [0.1, 0.15) is 18.5 Å². The predicted molar refractivity (Wildman–Crippen MR) is 129 cm³/mol. The molecule has 1 atom stereocenters. The number of halogens is 2. The Bertz CT molecular complexity index is 1080. The van der Waals surface area contributed by atoms with Crippen LogP contribution in [0, 0.1) is 5.82 Å². The molecule has 34 heavy (non-hydrogen) atoms. The SMILES string of the molecule is CN(C1CCC1)[C@@H](CNC(=O)c1ccc(Cl)s1)C(=O)Nc1ccc(N2CCOCC2=O)c(F)c1. The van der Waals surface area contributed by atoms with E-state index in [2.05, 4.69) is 10.6 Å². The van der Waals surface area contributed by atoms with Gasteiger partial charge in [-0.1, -0.05) is 18.0 Å². The van der Waals surface area contributed by atoms with E-state index in [0.29, 0.717) is 15.8 Å². The first-order chi connectivity index (χ1) is 16.3. The summed E-state index contributed by atoms with van der Waals surface area (Å²) in [6, 6.07) is 7.11. The molecule has 1 aromatic carbocycles. The number of morpholine rings is 1. The van der Waals surface area contributed by atoms with Crippen molar-refractivity contribution >= 4 is 52.0 Å². The number of nitrogens with zero attached hydrogens (tertiary/aromatic N) is 2. The van der Waals surface area contributed by atoms with Crippen molar-refractivity contribution < 1.29 is 23.5 Å². The Balaban J connectivity index is 1.44. The zero-order valence-corrected chi connectivity index (χ0v) is 20.3. The molecule has 2 N–H and O–H groups in total. The average Bonchev–Trinajstić information content (AvgIpc) is 3.20. The van der Waals surface area contributed by atoms with Gasteiger partial charge in [-0.15, -0.1) is 11.3 Å². The van der Waals surface area contributed by atoms with Crippen LogP contribution in [0.2, 0.25) is 4.34 Å². The molecule has 2 aliphatic rings. The monoisotopic (exact) mass is 508 g/mol. The first kappa shape index (κ1) is 24.6. The fraction of sp³-hybridized carbons (Fsp3) is 0.435. The van der Waals surface area contributed by atoms with Gasteiger partial charge in [-0.25, -0.2) is 4.39 Å². The number of hydrogen-bond acceptors (Lipinski definition) is 6. The number of carbonyl (C=O) groups excluding carboxylic acids is 3. The van der Waals surface area contributed by atoms with Crippen LogP contribution >= 0.6 is 22.9 Å². The first-order valence-electron chi connectivity index (χ1n) is 11.1. The van der Waals surface area contributed by atoms with E-state index in [0.717, 1.165) is 19.3 Å². The Labute approximate surface area is 206 Å². The van der Waals surface area contributed by atoms with Gasteiger partial charge < -0.3 is 20.3 Å². The molecule has 2 heterocycles. The number of thiophene rings is 1. The number of hydrogen-bond donors (Lipinski definition) is 2. The molecule has 0 bridgehead atoms. The lowest BCUT2D eigenvalue weighted by molar-refractivity contribution is -0.125. The van der Waals surface area contributed by atoms with Crippen LogP contribution in [0.1, 0.15) is 28.9 Å². The summed E-state index contributed by atoms with van der Waals surface area (Å²) in [6.07, 6.45) is 3.05. The zero-order valence-electron chi connectivity index (χ0n) is 18.7. The minimum Gasteiger partial charge on any atom is -0.370 e. The normalized spacial score (nSPS) is 17.4. The molecule has 1 aromatic heterocycles. The molecule has 3 amide bonds. The molecular formula is C23H26ClFN4O4S. The molecule has 182 valence electrons. The summed E-state index contributed by atoms with van der Waals surface area (Å²) in [5.41, 5.74) is 0.423.